The number of nitrogens with two attached hydrogens (primary N) is 1. The molecule has 0 amide bonds. The van der Waals surface area contributed by atoms with E-state index in [-0.39, 0.29) is 17.6 Å². The fourth-order valence-corrected chi connectivity index (χ4v) is 4.77. The van der Waals surface area contributed by atoms with Gasteiger partial charge in [0.1, 0.15) is 5.82 Å². The summed E-state index contributed by atoms with van der Waals surface area (Å²) < 4.78 is 0. The van der Waals surface area contributed by atoms with Crippen molar-refractivity contribution >= 4 is 58.3 Å². The van der Waals surface area contributed by atoms with E-state index in [0.717, 1.165) is 11.1 Å². The lowest BCUT2D eigenvalue weighted by Crippen LogP contribution is -2.38. The molecular formula is C25H22Cl2N6O. The number of para-hydroxylation sites is 1. The lowest BCUT2D eigenvalue weighted by Gasteiger charge is -2.28. The second kappa shape index (κ2) is 8.66. The van der Waals surface area contributed by atoms with Gasteiger partial charge < -0.3 is 20.9 Å². The SMILES string of the molecule is C/C(=C\c1cccc(N)c1)c1nc2c(c(=O)[nH]1)C1C(C=C2)N=C(Nc2c(Cl)cccc2Cl)N1C. The summed E-state index contributed by atoms with van der Waals surface area (Å²) in [5.74, 6) is 1.08. The molecule has 172 valence electrons. The number of hydrogen-bond donors (Lipinski definition) is 3. The molecule has 2 unspecified atom stereocenters. The van der Waals surface area contributed by atoms with Gasteiger partial charge >= 0.3 is 0 Å². The smallest absolute Gasteiger partial charge is 0.257 e. The van der Waals surface area contributed by atoms with Crippen LogP contribution >= 0.6 is 23.2 Å². The highest BCUT2D eigenvalue weighted by Gasteiger charge is 2.39. The Morgan fingerprint density at radius 3 is 2.68 bits per heavy atom. The Hall–Kier alpha value is -3.55. The Kier molecular flexibility index (Phi) is 5.67. The van der Waals surface area contributed by atoms with Crippen molar-refractivity contribution in [1.29, 1.82) is 0 Å². The molecule has 5 rings (SSSR count). The highest BCUT2D eigenvalue weighted by molar-refractivity contribution is 6.39. The van der Waals surface area contributed by atoms with Crippen LogP contribution in [0, 0.1) is 0 Å². The molecule has 1 aliphatic carbocycles. The first-order valence-electron chi connectivity index (χ1n) is 10.7. The van der Waals surface area contributed by atoms with E-state index in [4.69, 9.17) is 38.9 Å². The molecule has 9 heteroatoms. The Morgan fingerprint density at radius 1 is 1.21 bits per heavy atom. The number of allylic oxidation sites excluding steroid dienone is 1. The van der Waals surface area contributed by atoms with Gasteiger partial charge in [-0.25, -0.2) is 9.98 Å². The quantitative estimate of drug-likeness (QED) is 0.443. The molecule has 0 saturated heterocycles. The zero-order chi connectivity index (χ0) is 24.0. The van der Waals surface area contributed by atoms with Crippen LogP contribution in [0.1, 0.15) is 35.6 Å². The molecule has 7 nitrogen and oxygen atoms in total. The van der Waals surface area contributed by atoms with Gasteiger partial charge in [0.05, 0.1) is 39.1 Å². The number of fused-ring (bicyclic) bond motifs is 3. The van der Waals surface area contributed by atoms with Gasteiger partial charge in [-0.05, 0) is 54.5 Å². The fourth-order valence-electron chi connectivity index (χ4n) is 4.28. The number of aliphatic imine (C=N–C) groups is 1. The van der Waals surface area contributed by atoms with Crippen molar-refractivity contribution in [3.8, 4) is 0 Å². The van der Waals surface area contributed by atoms with E-state index in [1.54, 1.807) is 18.2 Å². The number of nitrogens with zero attached hydrogens (tertiary/aromatic N) is 3. The van der Waals surface area contributed by atoms with Gasteiger partial charge in [-0.3, -0.25) is 4.79 Å². The molecule has 2 atom stereocenters. The monoisotopic (exact) mass is 492 g/mol. The van der Waals surface area contributed by atoms with Crippen molar-refractivity contribution in [2.45, 2.75) is 19.0 Å². The van der Waals surface area contributed by atoms with E-state index in [1.807, 2.05) is 61.4 Å². The van der Waals surface area contributed by atoms with E-state index in [0.29, 0.717) is 44.5 Å². The van der Waals surface area contributed by atoms with Crippen molar-refractivity contribution in [3.05, 3.63) is 91.6 Å². The van der Waals surface area contributed by atoms with Gasteiger partial charge in [0, 0.05) is 12.7 Å². The number of halogens is 2. The van der Waals surface area contributed by atoms with Gasteiger partial charge in [0.15, 0.2) is 5.96 Å². The first-order chi connectivity index (χ1) is 16.3. The van der Waals surface area contributed by atoms with Crippen LogP contribution in [0.25, 0.3) is 17.7 Å². The van der Waals surface area contributed by atoms with Crippen molar-refractivity contribution < 1.29 is 0 Å². The van der Waals surface area contributed by atoms with Gasteiger partial charge in [-0.2, -0.15) is 0 Å². The lowest BCUT2D eigenvalue weighted by molar-refractivity contribution is 0.379. The second-order valence-electron chi connectivity index (χ2n) is 8.29. The minimum Gasteiger partial charge on any atom is -0.399 e. The molecule has 2 heterocycles. The fraction of sp³-hybridized carbons (Fsp3) is 0.160. The molecule has 1 aromatic heterocycles. The zero-order valence-corrected chi connectivity index (χ0v) is 20.0. The van der Waals surface area contributed by atoms with Crippen LogP contribution in [-0.2, 0) is 0 Å². The third kappa shape index (κ3) is 3.97. The van der Waals surface area contributed by atoms with E-state index in [1.165, 1.54) is 0 Å². The third-order valence-electron chi connectivity index (χ3n) is 5.94. The molecule has 4 N–H and O–H groups in total. The summed E-state index contributed by atoms with van der Waals surface area (Å²) >= 11 is 12.6. The van der Waals surface area contributed by atoms with Crippen molar-refractivity contribution in [2.75, 3.05) is 18.1 Å². The summed E-state index contributed by atoms with van der Waals surface area (Å²) in [5.41, 5.74) is 9.89. The van der Waals surface area contributed by atoms with Crippen molar-refractivity contribution in [2.24, 2.45) is 4.99 Å². The number of anilines is 2. The number of aromatic nitrogens is 2. The maximum atomic E-state index is 13.2. The number of aromatic amines is 1. The summed E-state index contributed by atoms with van der Waals surface area (Å²) in [4.78, 5) is 27.6. The minimum absolute atomic E-state index is 0.196. The maximum absolute atomic E-state index is 13.2. The van der Waals surface area contributed by atoms with E-state index >= 15 is 0 Å². The summed E-state index contributed by atoms with van der Waals surface area (Å²) in [6.07, 6.45) is 5.75. The van der Waals surface area contributed by atoms with Crippen LogP contribution in [0.4, 0.5) is 11.4 Å². The molecule has 0 fully saturated rings. The molecule has 1 aliphatic heterocycles. The van der Waals surface area contributed by atoms with E-state index in [2.05, 4.69) is 10.3 Å². The van der Waals surface area contributed by atoms with Crippen LogP contribution in [0.2, 0.25) is 10.0 Å². The largest absolute Gasteiger partial charge is 0.399 e. The first-order valence-corrected chi connectivity index (χ1v) is 11.5. The molecule has 34 heavy (non-hydrogen) atoms. The standard InChI is InChI=1S/C25H22Cl2N6O/c1-13(11-14-5-3-6-15(28)12-14)23-29-18-9-10-19-22(20(18)24(34)32-23)33(2)25(30-19)31-21-16(26)7-4-8-17(21)27/h3-12,19,22H,28H2,1-2H3,(H,30,31)(H,29,32,34)/b13-11+. The van der Waals surface area contributed by atoms with Crippen LogP contribution < -0.4 is 16.6 Å². The maximum Gasteiger partial charge on any atom is 0.257 e. The van der Waals surface area contributed by atoms with Crippen LogP contribution in [0.3, 0.4) is 0 Å². The summed E-state index contributed by atoms with van der Waals surface area (Å²) in [5, 5.41) is 4.20. The first kappa shape index (κ1) is 22.3. The number of benzene rings is 2. The minimum atomic E-state index is -0.299. The molecule has 0 spiro atoms. The Balaban J connectivity index is 1.47. The lowest BCUT2D eigenvalue weighted by atomic mass is 9.93. The number of nitrogen functional groups attached to an aromatic ring is 1. The molecule has 0 radical (unpaired) electrons. The highest BCUT2D eigenvalue weighted by Crippen LogP contribution is 2.37. The topological polar surface area (TPSA) is 99.4 Å². The van der Waals surface area contributed by atoms with Gasteiger partial charge in [0.2, 0.25) is 0 Å². The predicted molar refractivity (Wildman–Crippen MR) is 140 cm³/mol. The third-order valence-corrected chi connectivity index (χ3v) is 6.57. The number of hydrogen-bond acceptors (Lipinski definition) is 6. The molecule has 0 bridgehead atoms. The number of nitrogens with one attached hydrogen (secondary N) is 2. The van der Waals surface area contributed by atoms with E-state index in [9.17, 15) is 4.79 Å². The Morgan fingerprint density at radius 2 is 1.94 bits per heavy atom. The number of H-pyrrole nitrogens is 1. The molecular weight excluding hydrogens is 471 g/mol. The average Bonchev–Trinajstić information content (AvgIpc) is 3.11. The Labute approximate surface area is 206 Å². The van der Waals surface area contributed by atoms with Crippen LogP contribution in [0.15, 0.2) is 58.3 Å². The van der Waals surface area contributed by atoms with Gasteiger partial charge in [-0.1, -0.05) is 47.5 Å². The number of rotatable bonds is 3. The number of likely N-dealkylation sites (N-methyl/N-ethyl adjacent to an activating group) is 1. The molecule has 0 saturated carbocycles. The molecule has 3 aromatic rings. The predicted octanol–water partition coefficient (Wildman–Crippen LogP) is 5.07. The molecule has 2 aliphatic rings. The summed E-state index contributed by atoms with van der Waals surface area (Å²) in [7, 11) is 1.88. The van der Waals surface area contributed by atoms with E-state index < -0.39 is 0 Å². The zero-order valence-electron chi connectivity index (χ0n) is 18.5. The normalized spacial score (nSPS) is 19.0. The highest BCUT2D eigenvalue weighted by atomic mass is 35.5. The van der Waals surface area contributed by atoms with Crippen LogP contribution in [0.5, 0.6) is 0 Å². The second-order valence-corrected chi connectivity index (χ2v) is 9.11. The van der Waals surface area contributed by atoms with Crippen LogP contribution in [-0.4, -0.2) is 33.9 Å². The van der Waals surface area contributed by atoms with Gasteiger partial charge in [-0.15, -0.1) is 0 Å². The Bertz CT molecular complexity index is 1420. The van der Waals surface area contributed by atoms with Crippen molar-refractivity contribution in [3.63, 3.8) is 0 Å². The number of guanidine groups is 1. The summed E-state index contributed by atoms with van der Waals surface area (Å²) in [6, 6.07) is 12.3. The van der Waals surface area contributed by atoms with Crippen molar-refractivity contribution in [1.82, 2.24) is 14.9 Å². The summed E-state index contributed by atoms with van der Waals surface area (Å²) in [6.45, 7) is 1.91. The van der Waals surface area contributed by atoms with Gasteiger partial charge in [0.25, 0.3) is 5.56 Å². The average molecular weight is 493 g/mol. The molecule has 2 aromatic carbocycles.